The molecule has 0 aliphatic heterocycles. The summed E-state index contributed by atoms with van der Waals surface area (Å²) in [6, 6.07) is 11.5. The molecule has 0 saturated heterocycles. The molecule has 0 bridgehead atoms. The van der Waals surface area contributed by atoms with E-state index in [1.54, 1.807) is 31.4 Å². The first-order valence-corrected chi connectivity index (χ1v) is 6.32. The molecule has 4 nitrogen and oxygen atoms in total. The molecule has 2 aromatic rings. The molecule has 106 valence electrons. The number of aliphatic hydroxyl groups is 2. The van der Waals surface area contributed by atoms with E-state index in [1.807, 2.05) is 13.0 Å². The van der Waals surface area contributed by atoms with Crippen LogP contribution in [0, 0.1) is 6.92 Å². The molecule has 0 saturated carbocycles. The highest BCUT2D eigenvalue weighted by molar-refractivity contribution is 5.36. The molecular formula is C16H18O4. The third kappa shape index (κ3) is 3.10. The van der Waals surface area contributed by atoms with E-state index in [2.05, 4.69) is 0 Å². The van der Waals surface area contributed by atoms with Crippen molar-refractivity contribution >= 4 is 0 Å². The number of phenolic OH excluding ortho intramolecular Hbond substituents is 1. The fourth-order valence-electron chi connectivity index (χ4n) is 2.10. The minimum absolute atomic E-state index is 0.118. The van der Waals surface area contributed by atoms with Gasteiger partial charge < -0.3 is 20.1 Å². The third-order valence-electron chi connectivity index (χ3n) is 3.18. The molecule has 2 rings (SSSR count). The standard InChI is InChI=1S/C16H18O4/c1-10-7-12(9-14(8-10)20-2)16(19)15(18)11-3-5-13(17)6-4-11/h3-9,15-19H,1-2H3. The lowest BCUT2D eigenvalue weighted by atomic mass is 9.97. The van der Waals surface area contributed by atoms with Crippen LogP contribution in [0.4, 0.5) is 0 Å². The van der Waals surface area contributed by atoms with E-state index in [0.717, 1.165) is 5.56 Å². The fourth-order valence-corrected chi connectivity index (χ4v) is 2.10. The Morgan fingerprint density at radius 2 is 1.50 bits per heavy atom. The molecule has 4 heteroatoms. The van der Waals surface area contributed by atoms with Gasteiger partial charge in [-0.3, -0.25) is 0 Å². The second kappa shape index (κ2) is 5.94. The minimum atomic E-state index is -1.07. The summed E-state index contributed by atoms with van der Waals surface area (Å²) in [6.45, 7) is 1.89. The molecule has 3 N–H and O–H groups in total. The molecule has 2 aromatic carbocycles. The molecule has 0 spiro atoms. The van der Waals surface area contributed by atoms with Crippen molar-refractivity contribution < 1.29 is 20.1 Å². The van der Waals surface area contributed by atoms with E-state index in [1.165, 1.54) is 12.1 Å². The zero-order chi connectivity index (χ0) is 14.7. The van der Waals surface area contributed by atoms with Crippen LogP contribution in [-0.4, -0.2) is 22.4 Å². The van der Waals surface area contributed by atoms with Crippen molar-refractivity contribution in [3.8, 4) is 11.5 Å². The van der Waals surface area contributed by atoms with Gasteiger partial charge in [0.15, 0.2) is 0 Å². The highest BCUT2D eigenvalue weighted by atomic mass is 16.5. The highest BCUT2D eigenvalue weighted by Gasteiger charge is 2.21. The van der Waals surface area contributed by atoms with Gasteiger partial charge in [-0.15, -0.1) is 0 Å². The Hall–Kier alpha value is -2.04. The van der Waals surface area contributed by atoms with Gasteiger partial charge in [-0.05, 0) is 47.9 Å². The highest BCUT2D eigenvalue weighted by Crippen LogP contribution is 2.31. The lowest BCUT2D eigenvalue weighted by Gasteiger charge is -2.19. The number of methoxy groups -OCH3 is 1. The molecule has 0 aliphatic rings. The lowest BCUT2D eigenvalue weighted by Crippen LogP contribution is -2.10. The molecule has 0 radical (unpaired) electrons. The van der Waals surface area contributed by atoms with Gasteiger partial charge in [-0.1, -0.05) is 18.2 Å². The van der Waals surface area contributed by atoms with Gasteiger partial charge in [0.05, 0.1) is 7.11 Å². The SMILES string of the molecule is COc1cc(C)cc(C(O)C(O)c2ccc(O)cc2)c1. The normalized spacial score (nSPS) is 13.8. The zero-order valence-electron chi connectivity index (χ0n) is 11.4. The average Bonchev–Trinajstić information content (AvgIpc) is 2.45. The van der Waals surface area contributed by atoms with Crippen LogP contribution in [0.2, 0.25) is 0 Å². The number of benzene rings is 2. The van der Waals surface area contributed by atoms with E-state index >= 15 is 0 Å². The van der Waals surface area contributed by atoms with E-state index in [9.17, 15) is 15.3 Å². The summed E-state index contributed by atoms with van der Waals surface area (Å²) in [5.74, 6) is 0.754. The summed E-state index contributed by atoms with van der Waals surface area (Å²) >= 11 is 0. The van der Waals surface area contributed by atoms with Crippen molar-refractivity contribution in [1.82, 2.24) is 0 Å². The van der Waals surface area contributed by atoms with Gasteiger partial charge in [0.2, 0.25) is 0 Å². The Morgan fingerprint density at radius 1 is 0.900 bits per heavy atom. The van der Waals surface area contributed by atoms with Crippen LogP contribution in [-0.2, 0) is 0 Å². The molecule has 0 aliphatic carbocycles. The number of aromatic hydroxyl groups is 1. The van der Waals surface area contributed by atoms with Crippen molar-refractivity contribution in [2.45, 2.75) is 19.1 Å². The summed E-state index contributed by atoms with van der Waals surface area (Å²) in [7, 11) is 1.56. The summed E-state index contributed by atoms with van der Waals surface area (Å²) < 4.78 is 5.16. The maximum absolute atomic E-state index is 10.3. The topological polar surface area (TPSA) is 69.9 Å². The second-order valence-electron chi connectivity index (χ2n) is 4.76. The quantitative estimate of drug-likeness (QED) is 0.801. The number of phenols is 1. The number of aliphatic hydroxyl groups excluding tert-OH is 2. The molecule has 0 amide bonds. The molecule has 2 atom stereocenters. The minimum Gasteiger partial charge on any atom is -0.508 e. The van der Waals surface area contributed by atoms with Crippen LogP contribution >= 0.6 is 0 Å². The smallest absolute Gasteiger partial charge is 0.119 e. The zero-order valence-corrected chi connectivity index (χ0v) is 11.4. The predicted molar refractivity (Wildman–Crippen MR) is 75.8 cm³/mol. The van der Waals surface area contributed by atoms with E-state index in [4.69, 9.17) is 4.74 Å². The first-order valence-electron chi connectivity index (χ1n) is 6.32. The lowest BCUT2D eigenvalue weighted by molar-refractivity contribution is 0.0171. The van der Waals surface area contributed by atoms with Gasteiger partial charge in [-0.25, -0.2) is 0 Å². The van der Waals surface area contributed by atoms with Gasteiger partial charge in [-0.2, -0.15) is 0 Å². The Kier molecular flexibility index (Phi) is 4.27. The van der Waals surface area contributed by atoms with Gasteiger partial charge in [0.1, 0.15) is 23.7 Å². The summed E-state index contributed by atoms with van der Waals surface area (Å²) in [6.07, 6.45) is -2.13. The van der Waals surface area contributed by atoms with Crippen molar-refractivity contribution in [3.05, 3.63) is 59.2 Å². The number of rotatable bonds is 4. The number of hydrogen-bond acceptors (Lipinski definition) is 4. The number of aryl methyl sites for hydroxylation is 1. The van der Waals surface area contributed by atoms with Crippen LogP contribution in [0.1, 0.15) is 28.9 Å². The Bertz CT molecular complexity index is 578. The molecule has 0 fully saturated rings. The van der Waals surface area contributed by atoms with E-state index in [0.29, 0.717) is 16.9 Å². The maximum Gasteiger partial charge on any atom is 0.119 e. The largest absolute Gasteiger partial charge is 0.508 e. The molecule has 0 heterocycles. The number of ether oxygens (including phenoxy) is 1. The van der Waals surface area contributed by atoms with Crippen molar-refractivity contribution in [1.29, 1.82) is 0 Å². The van der Waals surface area contributed by atoms with Crippen LogP contribution in [0.3, 0.4) is 0 Å². The summed E-state index contributed by atoms with van der Waals surface area (Å²) in [5, 5.41) is 29.7. The third-order valence-corrected chi connectivity index (χ3v) is 3.18. The van der Waals surface area contributed by atoms with Crippen LogP contribution < -0.4 is 4.74 Å². The van der Waals surface area contributed by atoms with Crippen molar-refractivity contribution in [2.75, 3.05) is 7.11 Å². The van der Waals surface area contributed by atoms with Crippen molar-refractivity contribution in [3.63, 3.8) is 0 Å². The predicted octanol–water partition coefficient (Wildman–Crippen LogP) is 2.48. The van der Waals surface area contributed by atoms with Gasteiger partial charge >= 0.3 is 0 Å². The maximum atomic E-state index is 10.3. The molecule has 20 heavy (non-hydrogen) atoms. The van der Waals surface area contributed by atoms with E-state index < -0.39 is 12.2 Å². The van der Waals surface area contributed by atoms with Crippen LogP contribution in [0.15, 0.2) is 42.5 Å². The summed E-state index contributed by atoms with van der Waals surface area (Å²) in [5.41, 5.74) is 2.06. The van der Waals surface area contributed by atoms with E-state index in [-0.39, 0.29) is 5.75 Å². The van der Waals surface area contributed by atoms with Crippen molar-refractivity contribution in [2.24, 2.45) is 0 Å². The monoisotopic (exact) mass is 274 g/mol. The van der Waals surface area contributed by atoms with Crippen LogP contribution in [0.5, 0.6) is 11.5 Å². The second-order valence-corrected chi connectivity index (χ2v) is 4.76. The molecule has 2 unspecified atom stereocenters. The average molecular weight is 274 g/mol. The Morgan fingerprint density at radius 3 is 2.10 bits per heavy atom. The molecular weight excluding hydrogens is 256 g/mol. The fraction of sp³-hybridized carbons (Fsp3) is 0.250. The van der Waals surface area contributed by atoms with Gasteiger partial charge in [0, 0.05) is 0 Å². The van der Waals surface area contributed by atoms with Gasteiger partial charge in [0.25, 0.3) is 0 Å². The van der Waals surface area contributed by atoms with Crippen LogP contribution in [0.25, 0.3) is 0 Å². The Labute approximate surface area is 117 Å². The number of hydrogen-bond donors (Lipinski definition) is 3. The first kappa shape index (κ1) is 14.4. The first-order chi connectivity index (χ1) is 9.51. The molecule has 0 aromatic heterocycles. The summed E-state index contributed by atoms with van der Waals surface area (Å²) in [4.78, 5) is 0. The Balaban J connectivity index is 2.28.